The molecular formula is C21H25FN4. The summed E-state index contributed by atoms with van der Waals surface area (Å²) in [4.78, 5) is 2.10. The third kappa shape index (κ3) is 4.79. The Kier molecular flexibility index (Phi) is 6.67. The van der Waals surface area contributed by atoms with Crippen molar-refractivity contribution in [1.82, 2.24) is 4.90 Å². The van der Waals surface area contributed by atoms with Crippen molar-refractivity contribution < 1.29 is 4.39 Å². The largest absolute Gasteiger partial charge is 0.371 e. The number of rotatable bonds is 9. The summed E-state index contributed by atoms with van der Waals surface area (Å²) in [6.07, 6.45) is 5.98. The summed E-state index contributed by atoms with van der Waals surface area (Å²) < 4.78 is 12.9. The lowest BCUT2D eigenvalue weighted by Gasteiger charge is -2.42. The Balaban J connectivity index is 1.91. The number of nitrogens with zero attached hydrogens (tertiary/aromatic N) is 2. The van der Waals surface area contributed by atoms with Crippen molar-refractivity contribution in [1.29, 1.82) is 5.41 Å². The van der Waals surface area contributed by atoms with Crippen molar-refractivity contribution in [2.45, 2.75) is 13.3 Å². The van der Waals surface area contributed by atoms with Crippen LogP contribution in [0, 0.1) is 17.1 Å². The highest BCUT2D eigenvalue weighted by atomic mass is 19.1. The van der Waals surface area contributed by atoms with Crippen LogP contribution in [0.4, 0.5) is 10.1 Å². The molecule has 4 nitrogen and oxygen atoms in total. The van der Waals surface area contributed by atoms with Crippen LogP contribution in [0.25, 0.3) is 0 Å². The summed E-state index contributed by atoms with van der Waals surface area (Å²) >= 11 is 0. The fourth-order valence-electron chi connectivity index (χ4n) is 2.64. The van der Waals surface area contributed by atoms with Gasteiger partial charge in [0, 0.05) is 36.6 Å². The summed E-state index contributed by atoms with van der Waals surface area (Å²) in [6, 6.07) is 5.98. The zero-order chi connectivity index (χ0) is 19.1. The fourth-order valence-corrected chi connectivity index (χ4v) is 2.64. The highest BCUT2D eigenvalue weighted by Gasteiger charge is 2.31. The van der Waals surface area contributed by atoms with Crippen molar-refractivity contribution >= 4 is 17.6 Å². The fraction of sp³-hybridized carbons (Fsp3) is 0.238. The Hall–Kier alpha value is -2.95. The molecule has 1 aromatic rings. The summed E-state index contributed by atoms with van der Waals surface area (Å²) in [5.41, 5.74) is 6.72. The first-order chi connectivity index (χ1) is 12.5. The zero-order valence-corrected chi connectivity index (χ0v) is 15.1. The lowest BCUT2D eigenvalue weighted by molar-refractivity contribution is 0.200. The molecule has 136 valence electrons. The van der Waals surface area contributed by atoms with Crippen molar-refractivity contribution in [3.05, 3.63) is 78.8 Å². The summed E-state index contributed by atoms with van der Waals surface area (Å²) in [5, 5.41) is 12.5. The molecule has 0 saturated carbocycles. The maximum atomic E-state index is 12.9. The van der Waals surface area contributed by atoms with E-state index in [4.69, 9.17) is 5.41 Å². The Bertz CT molecular complexity index is 753. The Morgan fingerprint density at radius 3 is 2.58 bits per heavy atom. The van der Waals surface area contributed by atoms with Crippen molar-refractivity contribution in [3.63, 3.8) is 0 Å². The topological polar surface area (TPSA) is 51.5 Å². The second kappa shape index (κ2) is 8.94. The molecule has 2 N–H and O–H groups in total. The number of likely N-dealkylation sites (tertiary alicyclic amines) is 1. The monoisotopic (exact) mass is 352 g/mol. The molecule has 5 heteroatoms. The second-order valence-corrected chi connectivity index (χ2v) is 6.13. The molecule has 0 unspecified atom stereocenters. The standard InChI is InChI=1S/C21H25FN4/c1-5-15(3)26-13-18(14-26)21(23)16(4)17(6-2)11-12-24-25-20-9-7-19(22)8-10-20/h5,7-12,18,23,25H,1,3-4,6,13-14H2,2H3/b17-11-,23-21?,24-12-. The smallest absolute Gasteiger partial charge is 0.123 e. The van der Waals surface area contributed by atoms with E-state index < -0.39 is 0 Å². The predicted molar refractivity (Wildman–Crippen MR) is 108 cm³/mol. The van der Waals surface area contributed by atoms with Gasteiger partial charge >= 0.3 is 0 Å². The van der Waals surface area contributed by atoms with Gasteiger partial charge in [0.05, 0.1) is 5.69 Å². The van der Waals surface area contributed by atoms with Gasteiger partial charge in [-0.05, 0) is 54.0 Å². The molecule has 26 heavy (non-hydrogen) atoms. The first-order valence-corrected chi connectivity index (χ1v) is 8.54. The van der Waals surface area contributed by atoms with Gasteiger partial charge in [-0.2, -0.15) is 5.10 Å². The van der Waals surface area contributed by atoms with Crippen LogP contribution in [-0.2, 0) is 0 Å². The lowest BCUT2D eigenvalue weighted by Crippen LogP contribution is -2.49. The maximum absolute atomic E-state index is 12.9. The third-order valence-electron chi connectivity index (χ3n) is 4.41. The summed E-state index contributed by atoms with van der Waals surface area (Å²) in [5.74, 6) is -0.114. The molecule has 1 aliphatic heterocycles. The molecule has 0 spiro atoms. The molecule has 1 heterocycles. The van der Waals surface area contributed by atoms with Crippen LogP contribution in [0.3, 0.4) is 0 Å². The first kappa shape index (κ1) is 19.4. The number of hydrogen-bond donors (Lipinski definition) is 2. The van der Waals surface area contributed by atoms with Crippen LogP contribution < -0.4 is 5.43 Å². The molecule has 0 aromatic heterocycles. The number of hydrazone groups is 1. The van der Waals surface area contributed by atoms with Crippen molar-refractivity contribution in [3.8, 4) is 0 Å². The van der Waals surface area contributed by atoms with E-state index in [1.807, 2.05) is 13.0 Å². The molecule has 0 amide bonds. The van der Waals surface area contributed by atoms with E-state index in [1.54, 1.807) is 24.4 Å². The average molecular weight is 352 g/mol. The number of benzene rings is 1. The predicted octanol–water partition coefficient (Wildman–Crippen LogP) is 4.77. The van der Waals surface area contributed by atoms with E-state index in [9.17, 15) is 4.39 Å². The molecule has 1 aliphatic rings. The van der Waals surface area contributed by atoms with Crippen LogP contribution in [0.1, 0.15) is 13.3 Å². The van der Waals surface area contributed by atoms with E-state index in [0.29, 0.717) is 11.4 Å². The average Bonchev–Trinajstić information content (AvgIpc) is 2.61. The van der Waals surface area contributed by atoms with E-state index in [2.05, 4.69) is 35.2 Å². The highest BCUT2D eigenvalue weighted by Crippen LogP contribution is 2.26. The number of halogens is 1. The molecule has 0 atom stereocenters. The van der Waals surface area contributed by atoms with Gasteiger partial charge < -0.3 is 10.3 Å². The molecule has 1 fully saturated rings. The van der Waals surface area contributed by atoms with Crippen LogP contribution in [0.2, 0.25) is 0 Å². The molecule has 0 bridgehead atoms. The number of anilines is 1. The van der Waals surface area contributed by atoms with E-state index in [-0.39, 0.29) is 11.7 Å². The van der Waals surface area contributed by atoms with Gasteiger partial charge in [0.15, 0.2) is 0 Å². The van der Waals surface area contributed by atoms with Crippen molar-refractivity contribution in [2.24, 2.45) is 11.0 Å². The SMILES string of the molecule is C=CC(=C)N1CC(C(=N)C(=C)/C(=C\C=N/Nc2ccc(F)cc2)CC)C1. The normalized spacial score (nSPS) is 14.8. The second-order valence-electron chi connectivity index (χ2n) is 6.13. The molecule has 0 radical (unpaired) electrons. The van der Waals surface area contributed by atoms with Gasteiger partial charge in [0.1, 0.15) is 5.82 Å². The molecule has 2 rings (SSSR count). The van der Waals surface area contributed by atoms with Gasteiger partial charge in [-0.1, -0.05) is 26.7 Å². The molecular weight excluding hydrogens is 327 g/mol. The van der Waals surface area contributed by atoms with Crippen LogP contribution in [0.5, 0.6) is 0 Å². The van der Waals surface area contributed by atoms with Crippen LogP contribution in [0.15, 0.2) is 78.1 Å². The maximum Gasteiger partial charge on any atom is 0.123 e. The highest BCUT2D eigenvalue weighted by molar-refractivity contribution is 6.04. The van der Waals surface area contributed by atoms with Gasteiger partial charge in [0.25, 0.3) is 0 Å². The zero-order valence-electron chi connectivity index (χ0n) is 15.1. The lowest BCUT2D eigenvalue weighted by atomic mass is 9.86. The van der Waals surface area contributed by atoms with Gasteiger partial charge in [0.2, 0.25) is 0 Å². The van der Waals surface area contributed by atoms with E-state index in [0.717, 1.165) is 36.4 Å². The minimum Gasteiger partial charge on any atom is -0.371 e. The molecule has 1 saturated heterocycles. The third-order valence-corrected chi connectivity index (χ3v) is 4.41. The van der Waals surface area contributed by atoms with Gasteiger partial charge in [-0.3, -0.25) is 5.43 Å². The van der Waals surface area contributed by atoms with Gasteiger partial charge in [-0.15, -0.1) is 0 Å². The van der Waals surface area contributed by atoms with Gasteiger partial charge in [-0.25, -0.2) is 4.39 Å². The minimum absolute atomic E-state index is 0.170. The van der Waals surface area contributed by atoms with Crippen molar-refractivity contribution in [2.75, 3.05) is 18.5 Å². The van der Waals surface area contributed by atoms with E-state index >= 15 is 0 Å². The summed E-state index contributed by atoms with van der Waals surface area (Å²) in [7, 11) is 0. The Labute approximate surface area is 154 Å². The first-order valence-electron chi connectivity index (χ1n) is 8.54. The Morgan fingerprint density at radius 1 is 1.35 bits per heavy atom. The van der Waals surface area contributed by atoms with Crippen LogP contribution in [-0.4, -0.2) is 29.9 Å². The minimum atomic E-state index is -0.284. The number of allylic oxidation sites excluding steroid dienone is 4. The molecule has 1 aromatic carbocycles. The number of nitrogens with one attached hydrogen (secondary N) is 2. The Morgan fingerprint density at radius 2 is 2.00 bits per heavy atom. The quantitative estimate of drug-likeness (QED) is 0.382. The summed E-state index contributed by atoms with van der Waals surface area (Å²) in [6.45, 7) is 15.3. The number of hydrogen-bond acceptors (Lipinski definition) is 4. The molecule has 0 aliphatic carbocycles. The van der Waals surface area contributed by atoms with E-state index in [1.165, 1.54) is 12.1 Å². The van der Waals surface area contributed by atoms with Crippen LogP contribution >= 0.6 is 0 Å².